The molecular weight excluding hydrogens is 378 g/mol. The molecule has 0 radical (unpaired) electrons. The van der Waals surface area contributed by atoms with Crippen molar-refractivity contribution in [2.75, 3.05) is 18.1 Å². The highest BCUT2D eigenvalue weighted by Gasteiger charge is 2.35. The third-order valence-corrected chi connectivity index (χ3v) is 4.24. The highest BCUT2D eigenvalue weighted by Crippen LogP contribution is 2.29. The van der Waals surface area contributed by atoms with Gasteiger partial charge in [-0.25, -0.2) is 14.6 Å². The predicted molar refractivity (Wildman–Crippen MR) is 103 cm³/mol. The lowest BCUT2D eigenvalue weighted by Gasteiger charge is -2.27. The molecule has 1 unspecified atom stereocenters. The van der Waals surface area contributed by atoms with Crippen molar-refractivity contribution in [3.8, 4) is 0 Å². The van der Waals surface area contributed by atoms with Gasteiger partial charge in [-0.05, 0) is 52.7 Å². The van der Waals surface area contributed by atoms with Crippen LogP contribution >= 0.6 is 0 Å². The van der Waals surface area contributed by atoms with E-state index in [0.29, 0.717) is 24.4 Å². The Morgan fingerprint density at radius 3 is 2.76 bits per heavy atom. The van der Waals surface area contributed by atoms with Gasteiger partial charge in [-0.15, -0.1) is 0 Å². The summed E-state index contributed by atoms with van der Waals surface area (Å²) in [7, 11) is 0. The second-order valence-corrected chi connectivity index (χ2v) is 7.62. The molecule has 1 N–H and O–H groups in total. The number of rotatable bonds is 4. The van der Waals surface area contributed by atoms with E-state index in [-0.39, 0.29) is 12.3 Å². The van der Waals surface area contributed by atoms with Crippen molar-refractivity contribution < 1.29 is 23.9 Å². The van der Waals surface area contributed by atoms with Crippen molar-refractivity contribution in [2.45, 2.75) is 52.3 Å². The Bertz CT molecular complexity index is 933. The molecule has 3 heterocycles. The molecule has 0 bridgehead atoms. The molecule has 0 spiro atoms. The average molecular weight is 403 g/mol. The van der Waals surface area contributed by atoms with E-state index in [1.54, 1.807) is 46.0 Å². The van der Waals surface area contributed by atoms with Crippen molar-refractivity contribution in [2.24, 2.45) is 0 Å². The maximum absolute atomic E-state index is 12.5. The van der Waals surface area contributed by atoms with E-state index in [1.165, 1.54) is 4.52 Å². The number of aromatic nitrogens is 3. The van der Waals surface area contributed by atoms with E-state index in [1.807, 2.05) is 4.90 Å². The third kappa shape index (κ3) is 4.47. The summed E-state index contributed by atoms with van der Waals surface area (Å²) in [5, 5.41) is 6.98. The number of hydrogen-bond acceptors (Lipinski definition) is 8. The number of nitrogens with zero attached hydrogens (tertiary/aromatic N) is 4. The van der Waals surface area contributed by atoms with E-state index in [4.69, 9.17) is 9.47 Å². The van der Waals surface area contributed by atoms with Gasteiger partial charge in [0, 0.05) is 12.7 Å². The number of fused-ring (bicyclic) bond motifs is 1. The lowest BCUT2D eigenvalue weighted by Crippen LogP contribution is -2.49. The minimum Gasteiger partial charge on any atom is -0.461 e. The maximum Gasteiger partial charge on any atom is 0.397 e. The third-order valence-electron chi connectivity index (χ3n) is 4.24. The smallest absolute Gasteiger partial charge is 0.397 e. The number of anilines is 1. The Hall–Kier alpha value is -3.17. The fourth-order valence-electron chi connectivity index (χ4n) is 3.18. The summed E-state index contributed by atoms with van der Waals surface area (Å²) in [6.45, 7) is 7.54. The fraction of sp³-hybridized carbons (Fsp3) is 0.526. The van der Waals surface area contributed by atoms with Gasteiger partial charge in [-0.1, -0.05) is 0 Å². The Labute approximate surface area is 168 Å². The van der Waals surface area contributed by atoms with Crippen LogP contribution in [0.25, 0.3) is 5.65 Å². The predicted octanol–water partition coefficient (Wildman–Crippen LogP) is 1.29. The Morgan fingerprint density at radius 1 is 1.31 bits per heavy atom. The van der Waals surface area contributed by atoms with Crippen molar-refractivity contribution >= 4 is 29.3 Å². The maximum atomic E-state index is 12.5. The topological polar surface area (TPSA) is 115 Å². The van der Waals surface area contributed by atoms with Gasteiger partial charge in [-0.3, -0.25) is 4.79 Å². The molecule has 0 aliphatic carbocycles. The molecule has 2 aromatic rings. The lowest BCUT2D eigenvalue weighted by molar-refractivity contribution is -0.163. The quantitative estimate of drug-likeness (QED) is 0.600. The van der Waals surface area contributed by atoms with Gasteiger partial charge in [0.15, 0.2) is 17.2 Å². The highest BCUT2D eigenvalue weighted by molar-refractivity contribution is 6.32. The van der Waals surface area contributed by atoms with Crippen LogP contribution in [0.3, 0.4) is 0 Å². The number of imidazole rings is 1. The lowest BCUT2D eigenvalue weighted by atomic mass is 10.2. The van der Waals surface area contributed by atoms with Crippen LogP contribution in [-0.2, 0) is 19.1 Å². The van der Waals surface area contributed by atoms with E-state index in [0.717, 1.165) is 6.42 Å². The largest absolute Gasteiger partial charge is 0.461 e. The summed E-state index contributed by atoms with van der Waals surface area (Å²) in [4.78, 5) is 43.0. The average Bonchev–Trinajstić information content (AvgIpc) is 3.24. The summed E-state index contributed by atoms with van der Waals surface area (Å²) in [6.07, 6.45) is 2.42. The molecular formula is C19H25N5O5. The first kappa shape index (κ1) is 20.6. The van der Waals surface area contributed by atoms with E-state index < -0.39 is 29.6 Å². The molecule has 3 rings (SSSR count). The summed E-state index contributed by atoms with van der Waals surface area (Å²) in [6, 6.07) is 3.44. The van der Waals surface area contributed by atoms with Crippen LogP contribution in [0.2, 0.25) is 0 Å². The van der Waals surface area contributed by atoms with Gasteiger partial charge >= 0.3 is 17.8 Å². The second kappa shape index (κ2) is 8.06. The molecule has 1 saturated heterocycles. The minimum atomic E-state index is -0.953. The first-order valence-electron chi connectivity index (χ1n) is 9.52. The number of amides is 1. The molecule has 1 fully saturated rings. The van der Waals surface area contributed by atoms with Gasteiger partial charge in [0.2, 0.25) is 0 Å². The number of ether oxygens (including phenoxy) is 2. The Balaban J connectivity index is 1.90. The Kier molecular flexibility index (Phi) is 5.71. The van der Waals surface area contributed by atoms with E-state index in [2.05, 4.69) is 15.4 Å². The molecule has 2 aromatic heterocycles. The molecule has 156 valence electrons. The first-order valence-corrected chi connectivity index (χ1v) is 9.52. The minimum absolute atomic E-state index is 0.115. The number of esters is 2. The van der Waals surface area contributed by atoms with Crippen molar-refractivity contribution in [3.63, 3.8) is 0 Å². The van der Waals surface area contributed by atoms with E-state index >= 15 is 0 Å². The van der Waals surface area contributed by atoms with Crippen molar-refractivity contribution in [1.82, 2.24) is 19.9 Å². The SMILES string of the molecule is CCOC(=O)c1nc2cccnn2c1N1CCCC1NC(=O)C(=O)OC(C)(C)C. The molecule has 1 aliphatic rings. The first-order chi connectivity index (χ1) is 13.7. The standard InChI is InChI=1S/C19H25N5O5/c1-5-28-17(26)14-16(24-13(21-14)8-6-10-20-24)23-11-7-9-12(23)22-15(25)18(27)29-19(2,3)4/h6,8,10,12H,5,7,9,11H2,1-4H3,(H,22,25). The van der Waals surface area contributed by atoms with Crippen molar-refractivity contribution in [1.29, 1.82) is 0 Å². The molecule has 1 amide bonds. The van der Waals surface area contributed by atoms with Gasteiger partial charge < -0.3 is 19.7 Å². The Morgan fingerprint density at radius 2 is 2.07 bits per heavy atom. The molecule has 1 atom stereocenters. The van der Waals surface area contributed by atoms with Crippen LogP contribution in [-0.4, -0.2) is 57.4 Å². The summed E-state index contributed by atoms with van der Waals surface area (Å²) < 4.78 is 11.8. The number of hydrogen-bond donors (Lipinski definition) is 1. The van der Waals surface area contributed by atoms with E-state index in [9.17, 15) is 14.4 Å². The molecule has 29 heavy (non-hydrogen) atoms. The summed E-state index contributed by atoms with van der Waals surface area (Å²) in [5.74, 6) is -1.94. The van der Waals surface area contributed by atoms with Crippen LogP contribution in [0.1, 0.15) is 51.0 Å². The molecule has 10 nitrogen and oxygen atoms in total. The van der Waals surface area contributed by atoms with Crippen molar-refractivity contribution in [3.05, 3.63) is 24.0 Å². The second-order valence-electron chi connectivity index (χ2n) is 7.62. The van der Waals surface area contributed by atoms with Crippen LogP contribution < -0.4 is 10.2 Å². The van der Waals surface area contributed by atoms with Gasteiger partial charge in [0.05, 0.1) is 6.61 Å². The molecule has 0 aromatic carbocycles. The number of nitrogens with one attached hydrogen (secondary N) is 1. The van der Waals surface area contributed by atoms with Gasteiger partial charge in [0.25, 0.3) is 0 Å². The summed E-state index contributed by atoms with van der Waals surface area (Å²) in [5.41, 5.74) is -0.175. The highest BCUT2D eigenvalue weighted by atomic mass is 16.6. The normalized spacial score (nSPS) is 16.7. The van der Waals surface area contributed by atoms with Gasteiger partial charge in [0.1, 0.15) is 11.8 Å². The zero-order valence-electron chi connectivity index (χ0n) is 17.0. The number of carbonyl (C=O) groups excluding carboxylic acids is 3. The van der Waals surface area contributed by atoms with Crippen LogP contribution in [0.4, 0.5) is 5.82 Å². The molecule has 0 saturated carbocycles. The summed E-state index contributed by atoms with van der Waals surface area (Å²) >= 11 is 0. The monoisotopic (exact) mass is 403 g/mol. The fourth-order valence-corrected chi connectivity index (χ4v) is 3.18. The zero-order valence-corrected chi connectivity index (χ0v) is 17.0. The van der Waals surface area contributed by atoms with Crippen LogP contribution in [0, 0.1) is 0 Å². The molecule has 10 heteroatoms. The van der Waals surface area contributed by atoms with Gasteiger partial charge in [-0.2, -0.15) is 9.61 Å². The zero-order chi connectivity index (χ0) is 21.2. The van der Waals surface area contributed by atoms with Crippen LogP contribution in [0.5, 0.6) is 0 Å². The molecule has 1 aliphatic heterocycles. The van der Waals surface area contributed by atoms with Crippen LogP contribution in [0.15, 0.2) is 18.3 Å². The number of carbonyl (C=O) groups is 3.